The fourth-order valence-electron chi connectivity index (χ4n) is 5.14. The van der Waals surface area contributed by atoms with Gasteiger partial charge in [-0.3, -0.25) is 18.9 Å². The zero-order chi connectivity index (χ0) is 28.6. The number of hydrogen-bond acceptors (Lipinski definition) is 7. The highest BCUT2D eigenvalue weighted by atomic mass is 16.5. The van der Waals surface area contributed by atoms with Crippen LogP contribution in [0.2, 0.25) is 0 Å². The van der Waals surface area contributed by atoms with Gasteiger partial charge in [0.05, 0.1) is 5.69 Å². The third kappa shape index (κ3) is 4.86. The van der Waals surface area contributed by atoms with Gasteiger partial charge >= 0.3 is 11.7 Å². The van der Waals surface area contributed by atoms with E-state index in [1.807, 2.05) is 55.5 Å². The molecular weight excluding hydrogens is 512 g/mol. The Labute approximate surface area is 229 Å². The molecule has 5 rings (SSSR count). The van der Waals surface area contributed by atoms with E-state index in [0.29, 0.717) is 29.8 Å². The smallest absolute Gasteiger partial charge is 0.439 e. The Morgan fingerprint density at radius 3 is 2.38 bits per heavy atom. The Balaban J connectivity index is 1.60. The minimum absolute atomic E-state index is 0.220. The molecule has 0 aliphatic heterocycles. The molecule has 0 saturated heterocycles. The summed E-state index contributed by atoms with van der Waals surface area (Å²) in [6.07, 6.45) is 3.00. The Hall–Kier alpha value is -4.80. The number of carbonyl (C=O) groups is 1. The number of nitrogens with one attached hydrogen (secondary N) is 1. The van der Waals surface area contributed by atoms with Crippen LogP contribution in [0.15, 0.2) is 69.0 Å². The van der Waals surface area contributed by atoms with E-state index in [1.54, 1.807) is 25.3 Å². The molecule has 0 bridgehead atoms. The quantitative estimate of drug-likeness (QED) is 0.298. The summed E-state index contributed by atoms with van der Waals surface area (Å²) in [5.74, 6) is -1.18. The first-order chi connectivity index (χ1) is 19.1. The lowest BCUT2D eigenvalue weighted by molar-refractivity contribution is -0.144. The van der Waals surface area contributed by atoms with Gasteiger partial charge in [0.25, 0.3) is 5.56 Å². The molecule has 5 aromatic rings. The van der Waals surface area contributed by atoms with Gasteiger partial charge in [-0.25, -0.2) is 14.1 Å². The predicted octanol–water partition coefficient (Wildman–Crippen LogP) is 4.12. The van der Waals surface area contributed by atoms with Crippen LogP contribution in [-0.4, -0.2) is 40.4 Å². The van der Waals surface area contributed by atoms with Crippen LogP contribution < -0.4 is 11.3 Å². The van der Waals surface area contributed by atoms with Crippen LogP contribution in [0.1, 0.15) is 57.0 Å². The van der Waals surface area contributed by atoms with Gasteiger partial charge in [0.1, 0.15) is 12.4 Å². The van der Waals surface area contributed by atoms with E-state index in [-0.39, 0.29) is 11.3 Å². The number of aromatic nitrogens is 6. The molecule has 0 fully saturated rings. The van der Waals surface area contributed by atoms with Crippen molar-refractivity contribution < 1.29 is 14.4 Å². The van der Waals surface area contributed by atoms with Gasteiger partial charge in [0, 0.05) is 17.5 Å². The average molecular weight is 543 g/mol. The number of H-pyrrole nitrogens is 1. The average Bonchev–Trinajstić information content (AvgIpc) is 3.57. The third-order valence-corrected chi connectivity index (χ3v) is 6.89. The number of carboxylic acid groups (broad SMARTS) is 1. The van der Waals surface area contributed by atoms with Gasteiger partial charge in [-0.15, -0.1) is 0 Å². The van der Waals surface area contributed by atoms with Gasteiger partial charge in [-0.05, 0) is 28.5 Å². The van der Waals surface area contributed by atoms with E-state index in [2.05, 4.69) is 24.7 Å². The van der Waals surface area contributed by atoms with Crippen LogP contribution in [0.4, 0.5) is 0 Å². The lowest BCUT2D eigenvalue weighted by atomic mass is 9.86. The molecule has 0 aliphatic carbocycles. The number of hydrogen-bond donors (Lipinski definition) is 2. The summed E-state index contributed by atoms with van der Waals surface area (Å²) in [6, 6.07) is 14.1. The maximum absolute atomic E-state index is 14.0. The molecule has 3 heterocycles. The molecule has 0 spiro atoms. The van der Waals surface area contributed by atoms with E-state index in [1.165, 1.54) is 10.9 Å². The van der Waals surface area contributed by atoms with Gasteiger partial charge < -0.3 is 5.11 Å². The van der Waals surface area contributed by atoms with Gasteiger partial charge in [0.15, 0.2) is 5.82 Å². The molecule has 0 saturated carbocycles. The van der Waals surface area contributed by atoms with Crippen molar-refractivity contribution in [2.45, 2.75) is 53.0 Å². The molecule has 40 heavy (non-hydrogen) atoms. The Morgan fingerprint density at radius 2 is 1.77 bits per heavy atom. The number of rotatable bonds is 8. The Bertz CT molecular complexity index is 1800. The minimum Gasteiger partial charge on any atom is -0.480 e. The van der Waals surface area contributed by atoms with Crippen LogP contribution in [-0.2, 0) is 17.6 Å². The fraction of sp³-hybridized carbons (Fsp3) is 0.310. The van der Waals surface area contributed by atoms with Crippen molar-refractivity contribution in [3.8, 4) is 22.5 Å². The number of nitrogens with zero attached hydrogens (tertiary/aromatic N) is 5. The van der Waals surface area contributed by atoms with E-state index in [9.17, 15) is 19.5 Å². The SMILES string of the molecule is CCCc1c(Cc2ccc(-c3ccccc3-c3noc(=O)[nH]3)cc2)c(=O)n(C(C(=O)O)C(C)(C)C)c2ncnn12. The van der Waals surface area contributed by atoms with Crippen molar-refractivity contribution in [2.75, 3.05) is 0 Å². The Kier molecular flexibility index (Phi) is 6.97. The van der Waals surface area contributed by atoms with E-state index in [0.717, 1.165) is 28.8 Å². The second kappa shape index (κ2) is 10.4. The summed E-state index contributed by atoms with van der Waals surface area (Å²) in [7, 11) is 0. The first-order valence-corrected chi connectivity index (χ1v) is 13.0. The van der Waals surface area contributed by atoms with Crippen molar-refractivity contribution in [1.82, 2.24) is 29.3 Å². The maximum Gasteiger partial charge on any atom is 0.439 e. The second-order valence-electron chi connectivity index (χ2n) is 10.8. The van der Waals surface area contributed by atoms with E-state index >= 15 is 0 Å². The van der Waals surface area contributed by atoms with Crippen LogP contribution in [0.5, 0.6) is 0 Å². The highest BCUT2D eigenvalue weighted by molar-refractivity contribution is 5.80. The highest BCUT2D eigenvalue weighted by Crippen LogP contribution is 2.32. The topological polar surface area (TPSA) is 148 Å². The van der Waals surface area contributed by atoms with Gasteiger partial charge in [-0.1, -0.05) is 87.8 Å². The molecule has 0 radical (unpaired) electrons. The summed E-state index contributed by atoms with van der Waals surface area (Å²) < 4.78 is 7.56. The molecule has 11 nitrogen and oxygen atoms in total. The van der Waals surface area contributed by atoms with Crippen molar-refractivity contribution in [1.29, 1.82) is 0 Å². The fourth-order valence-corrected chi connectivity index (χ4v) is 5.14. The molecule has 2 aromatic carbocycles. The molecule has 2 N–H and O–H groups in total. The largest absolute Gasteiger partial charge is 0.480 e. The van der Waals surface area contributed by atoms with Crippen molar-refractivity contribution in [2.24, 2.45) is 5.41 Å². The van der Waals surface area contributed by atoms with Crippen LogP contribution in [0.25, 0.3) is 28.3 Å². The van der Waals surface area contributed by atoms with E-state index < -0.39 is 23.2 Å². The van der Waals surface area contributed by atoms with Crippen LogP contribution >= 0.6 is 0 Å². The zero-order valence-corrected chi connectivity index (χ0v) is 22.7. The molecule has 0 aliphatic rings. The summed E-state index contributed by atoms with van der Waals surface area (Å²) in [6.45, 7) is 7.38. The number of aryl methyl sites for hydroxylation is 1. The number of aromatic amines is 1. The van der Waals surface area contributed by atoms with Crippen LogP contribution in [0.3, 0.4) is 0 Å². The van der Waals surface area contributed by atoms with Gasteiger partial charge in [0.2, 0.25) is 5.78 Å². The van der Waals surface area contributed by atoms with Crippen molar-refractivity contribution in [3.63, 3.8) is 0 Å². The van der Waals surface area contributed by atoms with Crippen molar-refractivity contribution >= 4 is 11.7 Å². The first-order valence-electron chi connectivity index (χ1n) is 13.0. The Morgan fingerprint density at radius 1 is 1.07 bits per heavy atom. The number of carboxylic acids is 1. The molecule has 11 heteroatoms. The summed E-state index contributed by atoms with van der Waals surface area (Å²) in [4.78, 5) is 44.8. The molecular formula is C29H30N6O5. The maximum atomic E-state index is 14.0. The molecule has 206 valence electrons. The lowest BCUT2D eigenvalue weighted by Gasteiger charge is -2.29. The normalized spacial score (nSPS) is 12.6. The zero-order valence-electron chi connectivity index (χ0n) is 22.7. The van der Waals surface area contributed by atoms with Gasteiger partial charge in [-0.2, -0.15) is 10.1 Å². The predicted molar refractivity (Wildman–Crippen MR) is 148 cm³/mol. The number of aliphatic carboxylic acids is 1. The molecule has 0 amide bonds. The highest BCUT2D eigenvalue weighted by Gasteiger charge is 2.36. The summed E-state index contributed by atoms with van der Waals surface area (Å²) >= 11 is 0. The summed E-state index contributed by atoms with van der Waals surface area (Å²) in [5.41, 5.74) is 3.41. The van der Waals surface area contributed by atoms with Crippen molar-refractivity contribution in [3.05, 3.63) is 92.6 Å². The number of fused-ring (bicyclic) bond motifs is 1. The first kappa shape index (κ1) is 26.8. The molecule has 1 atom stereocenters. The molecule has 1 unspecified atom stereocenters. The van der Waals surface area contributed by atoms with E-state index in [4.69, 9.17) is 0 Å². The molecule has 3 aromatic heterocycles. The third-order valence-electron chi connectivity index (χ3n) is 6.89. The second-order valence-corrected chi connectivity index (χ2v) is 10.8. The lowest BCUT2D eigenvalue weighted by Crippen LogP contribution is -2.41. The summed E-state index contributed by atoms with van der Waals surface area (Å²) in [5, 5.41) is 18.3. The monoisotopic (exact) mass is 542 g/mol. The van der Waals surface area contributed by atoms with Crippen LogP contribution in [0, 0.1) is 5.41 Å². The standard InChI is InChI=1S/C29H30N6O5/c1-5-8-22-21(25(36)34(27-30-16-31-35(22)27)23(26(37)38)29(2,3)4)15-17-11-13-18(14-12-17)19-9-6-7-10-20(19)24-32-28(39)40-33-24/h6-7,9-14,16,23H,5,8,15H2,1-4H3,(H,37,38)(H,32,33,39). The minimum atomic E-state index is -1.14. The number of benzene rings is 2.